The zero-order chi connectivity index (χ0) is 19.2. The van der Waals surface area contributed by atoms with Gasteiger partial charge in [-0.2, -0.15) is 0 Å². The van der Waals surface area contributed by atoms with Gasteiger partial charge in [-0.05, 0) is 48.0 Å². The number of carbonyl (C=O) groups is 2. The van der Waals surface area contributed by atoms with Crippen LogP contribution in [0.1, 0.15) is 10.4 Å². The number of nitrogens with zero attached hydrogens (tertiary/aromatic N) is 1. The molecule has 0 saturated heterocycles. The zero-order valence-electron chi connectivity index (χ0n) is 14.5. The number of H-pyrrole nitrogens is 1. The molecule has 3 aromatic rings. The molecule has 8 heteroatoms. The highest BCUT2D eigenvalue weighted by molar-refractivity contribution is 7.99. The average Bonchev–Trinajstić information content (AvgIpc) is 3.15. The van der Waals surface area contributed by atoms with Gasteiger partial charge in [0.05, 0.1) is 17.6 Å². The van der Waals surface area contributed by atoms with E-state index in [1.165, 1.54) is 23.9 Å². The fourth-order valence-electron chi connectivity index (χ4n) is 2.37. The van der Waals surface area contributed by atoms with E-state index in [0.29, 0.717) is 16.4 Å². The third kappa shape index (κ3) is 4.95. The predicted molar refractivity (Wildman–Crippen MR) is 103 cm³/mol. The first-order valence-electron chi connectivity index (χ1n) is 8.11. The minimum absolute atomic E-state index is 0.153. The molecule has 0 aliphatic carbocycles. The van der Waals surface area contributed by atoms with Crippen molar-refractivity contribution < 1.29 is 14.0 Å². The number of imidazole rings is 1. The molecule has 0 unspecified atom stereocenters. The maximum atomic E-state index is 13.0. The standard InChI is InChI=1S/C19H17FN4O2S/c1-21-18(26)13-3-2-4-15(9-13)23-17(25)11-27-19-22-10-16(24-19)12-5-7-14(20)8-6-12/h2-10H,11H2,1H3,(H,21,26)(H,22,24)(H,23,25). The van der Waals surface area contributed by atoms with Crippen molar-refractivity contribution in [3.05, 3.63) is 66.1 Å². The van der Waals surface area contributed by atoms with Crippen LogP contribution in [0.25, 0.3) is 11.3 Å². The number of nitrogens with one attached hydrogen (secondary N) is 3. The third-order valence-corrected chi connectivity index (χ3v) is 4.57. The Kier molecular flexibility index (Phi) is 5.87. The Morgan fingerprint density at radius 3 is 2.70 bits per heavy atom. The van der Waals surface area contributed by atoms with Crippen molar-refractivity contribution in [2.24, 2.45) is 0 Å². The van der Waals surface area contributed by atoms with Gasteiger partial charge in [-0.1, -0.05) is 17.8 Å². The van der Waals surface area contributed by atoms with E-state index < -0.39 is 0 Å². The molecule has 0 spiro atoms. The van der Waals surface area contributed by atoms with Crippen molar-refractivity contribution in [2.75, 3.05) is 18.1 Å². The number of amides is 2. The van der Waals surface area contributed by atoms with E-state index in [0.717, 1.165) is 11.3 Å². The highest BCUT2D eigenvalue weighted by Crippen LogP contribution is 2.22. The largest absolute Gasteiger partial charge is 0.355 e. The predicted octanol–water partition coefficient (Wildman–Crippen LogP) is 3.31. The summed E-state index contributed by atoms with van der Waals surface area (Å²) in [5.74, 6) is -0.580. The molecular weight excluding hydrogens is 367 g/mol. The van der Waals surface area contributed by atoms with Crippen LogP contribution in [0.4, 0.5) is 10.1 Å². The van der Waals surface area contributed by atoms with Crippen LogP contribution in [0.3, 0.4) is 0 Å². The second-order valence-corrected chi connectivity index (χ2v) is 6.57. The van der Waals surface area contributed by atoms with Crippen molar-refractivity contribution in [3.63, 3.8) is 0 Å². The van der Waals surface area contributed by atoms with Crippen LogP contribution in [0.2, 0.25) is 0 Å². The van der Waals surface area contributed by atoms with Gasteiger partial charge in [0.25, 0.3) is 5.91 Å². The lowest BCUT2D eigenvalue weighted by atomic mass is 10.2. The molecule has 0 fully saturated rings. The Hall–Kier alpha value is -3.13. The second-order valence-electron chi connectivity index (χ2n) is 5.61. The lowest BCUT2D eigenvalue weighted by molar-refractivity contribution is -0.113. The Labute approximate surface area is 159 Å². The Morgan fingerprint density at radius 2 is 1.96 bits per heavy atom. The molecule has 1 heterocycles. The van der Waals surface area contributed by atoms with Crippen molar-refractivity contribution in [1.82, 2.24) is 15.3 Å². The van der Waals surface area contributed by atoms with Gasteiger partial charge in [-0.25, -0.2) is 9.37 Å². The fraction of sp³-hybridized carbons (Fsp3) is 0.105. The summed E-state index contributed by atoms with van der Waals surface area (Å²) < 4.78 is 13.0. The Morgan fingerprint density at radius 1 is 1.19 bits per heavy atom. The normalized spacial score (nSPS) is 10.4. The summed E-state index contributed by atoms with van der Waals surface area (Å²) in [5, 5.41) is 5.88. The molecule has 0 aliphatic rings. The highest BCUT2D eigenvalue weighted by Gasteiger charge is 2.09. The number of carbonyl (C=O) groups excluding carboxylic acids is 2. The molecule has 0 radical (unpaired) electrons. The lowest BCUT2D eigenvalue weighted by Crippen LogP contribution is -2.19. The molecule has 2 amide bonds. The number of aromatic amines is 1. The zero-order valence-corrected chi connectivity index (χ0v) is 15.3. The minimum Gasteiger partial charge on any atom is -0.355 e. The first-order chi connectivity index (χ1) is 13.0. The minimum atomic E-state index is -0.301. The first kappa shape index (κ1) is 18.7. The summed E-state index contributed by atoms with van der Waals surface area (Å²) in [4.78, 5) is 31.1. The Balaban J connectivity index is 1.57. The number of hydrogen-bond donors (Lipinski definition) is 3. The van der Waals surface area contributed by atoms with E-state index in [1.54, 1.807) is 49.6 Å². The average molecular weight is 384 g/mol. The van der Waals surface area contributed by atoms with Crippen LogP contribution in [0.5, 0.6) is 0 Å². The van der Waals surface area contributed by atoms with Gasteiger partial charge in [0.2, 0.25) is 5.91 Å². The fourth-order valence-corrected chi connectivity index (χ4v) is 3.02. The molecule has 0 atom stereocenters. The number of thioether (sulfide) groups is 1. The summed E-state index contributed by atoms with van der Waals surface area (Å²) in [6, 6.07) is 12.8. The van der Waals surface area contributed by atoms with Crippen molar-refractivity contribution in [3.8, 4) is 11.3 Å². The van der Waals surface area contributed by atoms with Gasteiger partial charge < -0.3 is 15.6 Å². The molecule has 2 aromatic carbocycles. The van der Waals surface area contributed by atoms with Gasteiger partial charge in [-0.15, -0.1) is 0 Å². The quantitative estimate of drug-likeness (QED) is 0.569. The van der Waals surface area contributed by atoms with Gasteiger partial charge in [0.1, 0.15) is 5.82 Å². The number of benzene rings is 2. The third-order valence-electron chi connectivity index (χ3n) is 3.68. The number of aromatic nitrogens is 2. The number of halogens is 1. The Bertz CT molecular complexity index is 956. The smallest absolute Gasteiger partial charge is 0.251 e. The van der Waals surface area contributed by atoms with Crippen molar-refractivity contribution in [2.45, 2.75) is 5.16 Å². The van der Waals surface area contributed by atoms with Gasteiger partial charge in [-0.3, -0.25) is 9.59 Å². The molecular formula is C19H17FN4O2S. The summed E-state index contributed by atoms with van der Waals surface area (Å²) in [6.45, 7) is 0. The van der Waals surface area contributed by atoms with Crippen molar-refractivity contribution in [1.29, 1.82) is 0 Å². The van der Waals surface area contributed by atoms with E-state index in [-0.39, 0.29) is 23.4 Å². The van der Waals surface area contributed by atoms with Crippen molar-refractivity contribution >= 4 is 29.3 Å². The topological polar surface area (TPSA) is 86.9 Å². The number of anilines is 1. The van der Waals surface area contributed by atoms with E-state index in [4.69, 9.17) is 0 Å². The summed E-state index contributed by atoms with van der Waals surface area (Å²) in [7, 11) is 1.55. The molecule has 3 rings (SSSR count). The van der Waals surface area contributed by atoms with Crippen LogP contribution < -0.4 is 10.6 Å². The molecule has 0 bridgehead atoms. The van der Waals surface area contributed by atoms with E-state index >= 15 is 0 Å². The molecule has 3 N–H and O–H groups in total. The monoisotopic (exact) mass is 384 g/mol. The first-order valence-corrected chi connectivity index (χ1v) is 9.09. The van der Waals surface area contributed by atoms with Crippen LogP contribution in [-0.4, -0.2) is 34.6 Å². The molecule has 27 heavy (non-hydrogen) atoms. The van der Waals surface area contributed by atoms with E-state index in [1.807, 2.05) is 0 Å². The second kappa shape index (κ2) is 8.50. The number of hydrogen-bond acceptors (Lipinski definition) is 4. The van der Waals surface area contributed by atoms with Crippen LogP contribution >= 0.6 is 11.8 Å². The molecule has 138 valence electrons. The molecule has 0 saturated carbocycles. The van der Waals surface area contributed by atoms with Gasteiger partial charge in [0, 0.05) is 18.3 Å². The number of rotatable bonds is 6. The lowest BCUT2D eigenvalue weighted by Gasteiger charge is -2.06. The highest BCUT2D eigenvalue weighted by atomic mass is 32.2. The van der Waals surface area contributed by atoms with E-state index in [9.17, 15) is 14.0 Å². The van der Waals surface area contributed by atoms with E-state index in [2.05, 4.69) is 20.6 Å². The summed E-state index contributed by atoms with van der Waals surface area (Å²) >= 11 is 1.25. The van der Waals surface area contributed by atoms with Crippen LogP contribution in [0, 0.1) is 5.82 Å². The van der Waals surface area contributed by atoms with Gasteiger partial charge >= 0.3 is 0 Å². The molecule has 6 nitrogen and oxygen atoms in total. The van der Waals surface area contributed by atoms with Crippen LogP contribution in [0.15, 0.2) is 59.9 Å². The molecule has 0 aliphatic heterocycles. The maximum absolute atomic E-state index is 13.0. The summed E-state index contributed by atoms with van der Waals surface area (Å²) in [6.07, 6.45) is 1.64. The summed E-state index contributed by atoms with van der Waals surface area (Å²) in [5.41, 5.74) is 2.58. The van der Waals surface area contributed by atoms with Crippen LogP contribution in [-0.2, 0) is 4.79 Å². The molecule has 1 aromatic heterocycles. The maximum Gasteiger partial charge on any atom is 0.251 e. The van der Waals surface area contributed by atoms with Gasteiger partial charge in [0.15, 0.2) is 5.16 Å². The SMILES string of the molecule is CNC(=O)c1cccc(NC(=O)CSc2ncc(-c3ccc(F)cc3)[nH]2)c1.